The first kappa shape index (κ1) is 36.5. The summed E-state index contributed by atoms with van der Waals surface area (Å²) in [6, 6.07) is 77.0. The molecule has 0 radical (unpaired) electrons. The molecule has 0 atom stereocenters. The summed E-state index contributed by atoms with van der Waals surface area (Å²) in [6.45, 7) is 8.74. The molecule has 0 aliphatic rings. The molecule has 0 saturated heterocycles. The van der Waals surface area contributed by atoms with Crippen LogP contribution in [-0.2, 0) is 0 Å². The van der Waals surface area contributed by atoms with Crippen LogP contribution in [0.25, 0.3) is 120 Å². The average molecular weight is 826 g/mol. The molecule has 5 heteroatoms. The van der Waals surface area contributed by atoms with Crippen molar-refractivity contribution in [3.63, 3.8) is 0 Å². The highest BCUT2D eigenvalue weighted by Crippen LogP contribution is 2.44. The molecule has 65 heavy (non-hydrogen) atoms. The molecule has 10 aromatic carbocycles. The van der Waals surface area contributed by atoms with E-state index in [0.717, 1.165) is 93.4 Å². The van der Waals surface area contributed by atoms with Gasteiger partial charge in [0.15, 0.2) is 0 Å². The number of fused-ring (bicyclic) bond motifs is 11. The monoisotopic (exact) mass is 825 g/mol. The minimum atomic E-state index is 0.453. The van der Waals surface area contributed by atoms with Gasteiger partial charge >= 0.3 is 0 Å². The molecule has 0 saturated carbocycles. The summed E-state index contributed by atoms with van der Waals surface area (Å²) in [6.07, 6.45) is 0. The summed E-state index contributed by atoms with van der Waals surface area (Å²) in [5.41, 5.74) is 13.9. The summed E-state index contributed by atoms with van der Waals surface area (Å²) in [7, 11) is 0. The normalized spacial score (nSPS) is 11.7. The lowest BCUT2D eigenvalue weighted by molar-refractivity contribution is 1.14. The van der Waals surface area contributed by atoms with Crippen molar-refractivity contribution in [2.24, 2.45) is 0 Å². The van der Waals surface area contributed by atoms with Crippen molar-refractivity contribution in [2.75, 3.05) is 0 Å². The number of aromatic nitrogens is 3. The lowest BCUT2D eigenvalue weighted by Gasteiger charge is -2.16. The molecule has 13 rings (SSSR count). The number of nitriles is 1. The Morgan fingerprint density at radius 3 is 1.49 bits per heavy atom. The van der Waals surface area contributed by atoms with Gasteiger partial charge in [-0.3, -0.25) is 0 Å². The van der Waals surface area contributed by atoms with Gasteiger partial charge in [-0.1, -0.05) is 140 Å². The van der Waals surface area contributed by atoms with Crippen LogP contribution in [0.4, 0.5) is 5.69 Å². The van der Waals surface area contributed by atoms with Crippen molar-refractivity contribution in [3.8, 4) is 45.4 Å². The van der Waals surface area contributed by atoms with E-state index in [1.807, 2.05) is 24.3 Å². The Labute approximate surface area is 373 Å². The Bertz CT molecular complexity index is 4040. The Hall–Kier alpha value is -9.16. The van der Waals surface area contributed by atoms with E-state index >= 15 is 0 Å². The molecule has 0 N–H and O–H groups in total. The fourth-order valence-electron chi connectivity index (χ4n) is 10.4. The van der Waals surface area contributed by atoms with Gasteiger partial charge in [0.25, 0.3) is 0 Å². The molecule has 0 amide bonds. The summed E-state index contributed by atoms with van der Waals surface area (Å²) in [5.74, 6) is 0. The standard InChI is InChI=1S/C60H35N5/c1-62-51-36-58(43(37-61)34-59(51)64-54-28-25-41(38-14-4-2-5-15-38)32-48(54)49-33-42(26-29-55(49)64)39-16-6-3-7-17-39)65-56-31-27-44(35-50(56)60-45-19-9-8-18-40(45)24-30-57(60)65)63-52-22-12-10-20-46(52)47-21-11-13-23-53(47)63/h2-36H. The maximum absolute atomic E-state index is 11.2. The lowest BCUT2D eigenvalue weighted by atomic mass is 10.0. The van der Waals surface area contributed by atoms with Crippen LogP contribution >= 0.6 is 0 Å². The van der Waals surface area contributed by atoms with Gasteiger partial charge in [-0.15, -0.1) is 0 Å². The van der Waals surface area contributed by atoms with Crippen molar-refractivity contribution >= 4 is 81.9 Å². The summed E-state index contributed by atoms with van der Waals surface area (Å²) < 4.78 is 6.71. The van der Waals surface area contributed by atoms with Gasteiger partial charge in [-0.25, -0.2) is 4.85 Å². The van der Waals surface area contributed by atoms with Gasteiger partial charge in [0, 0.05) is 38.0 Å². The van der Waals surface area contributed by atoms with E-state index in [1.54, 1.807) is 0 Å². The topological polar surface area (TPSA) is 42.9 Å². The first-order chi connectivity index (χ1) is 32.2. The van der Waals surface area contributed by atoms with Crippen LogP contribution in [-0.4, -0.2) is 13.7 Å². The zero-order valence-corrected chi connectivity index (χ0v) is 34.9. The van der Waals surface area contributed by atoms with Gasteiger partial charge in [0.1, 0.15) is 6.07 Å². The zero-order valence-electron chi connectivity index (χ0n) is 34.9. The molecule has 13 aromatic rings. The molecule has 0 unspecified atom stereocenters. The average Bonchev–Trinajstić information content (AvgIpc) is 4.01. The van der Waals surface area contributed by atoms with Crippen LogP contribution < -0.4 is 0 Å². The maximum Gasteiger partial charge on any atom is 0.212 e. The number of hydrogen-bond acceptors (Lipinski definition) is 1. The lowest BCUT2D eigenvalue weighted by Crippen LogP contribution is -2.02. The van der Waals surface area contributed by atoms with E-state index in [0.29, 0.717) is 22.6 Å². The van der Waals surface area contributed by atoms with E-state index in [9.17, 15) is 5.26 Å². The van der Waals surface area contributed by atoms with Gasteiger partial charge in [-0.05, 0) is 106 Å². The van der Waals surface area contributed by atoms with Crippen LogP contribution in [0.2, 0.25) is 0 Å². The van der Waals surface area contributed by atoms with E-state index in [4.69, 9.17) is 6.57 Å². The predicted octanol–water partition coefficient (Wildman–Crippen LogP) is 15.9. The smallest absolute Gasteiger partial charge is 0.212 e. The molecule has 3 heterocycles. The third kappa shape index (κ3) is 5.44. The van der Waals surface area contributed by atoms with Gasteiger partial charge in [0.05, 0.1) is 56.6 Å². The van der Waals surface area contributed by atoms with Crippen LogP contribution in [0.15, 0.2) is 212 Å². The molecule has 3 aromatic heterocycles. The minimum absolute atomic E-state index is 0.453. The highest BCUT2D eigenvalue weighted by Gasteiger charge is 2.23. The third-order valence-corrected chi connectivity index (χ3v) is 13.3. The second-order valence-corrected chi connectivity index (χ2v) is 16.7. The largest absolute Gasteiger partial charge is 0.319 e. The van der Waals surface area contributed by atoms with Gasteiger partial charge in [0.2, 0.25) is 5.69 Å². The summed E-state index contributed by atoms with van der Waals surface area (Å²) in [5, 5.41) is 20.2. The van der Waals surface area contributed by atoms with Crippen LogP contribution in [0.3, 0.4) is 0 Å². The van der Waals surface area contributed by atoms with E-state index in [2.05, 4.69) is 213 Å². The minimum Gasteiger partial charge on any atom is -0.319 e. The van der Waals surface area contributed by atoms with Crippen molar-refractivity contribution in [2.45, 2.75) is 0 Å². The number of rotatable bonds is 5. The highest BCUT2D eigenvalue weighted by atomic mass is 15.0. The first-order valence-electron chi connectivity index (χ1n) is 21.8. The van der Waals surface area contributed by atoms with E-state index in [-0.39, 0.29) is 0 Å². The molecule has 0 aliphatic carbocycles. The molecule has 0 aliphatic heterocycles. The quantitative estimate of drug-likeness (QED) is 0.159. The SMILES string of the molecule is [C-]#[N+]c1cc(-n2c3ccc(-n4c5ccccc5c5ccccc54)cc3c3c4ccccc4ccc32)c(C#N)cc1-n1c2ccc(-c3ccccc3)cc2c2cc(-c3ccccc3)ccc21. The van der Waals surface area contributed by atoms with Crippen molar-refractivity contribution in [1.82, 2.24) is 13.7 Å². The number of benzene rings is 10. The zero-order chi connectivity index (χ0) is 43.2. The van der Waals surface area contributed by atoms with Crippen LogP contribution in [0.1, 0.15) is 5.56 Å². The van der Waals surface area contributed by atoms with Gasteiger partial charge in [-0.2, -0.15) is 5.26 Å². The summed E-state index contributed by atoms with van der Waals surface area (Å²) >= 11 is 0. The number of nitrogens with zero attached hydrogens (tertiary/aromatic N) is 5. The van der Waals surface area contributed by atoms with Gasteiger partial charge < -0.3 is 13.7 Å². The van der Waals surface area contributed by atoms with Crippen molar-refractivity contribution in [3.05, 3.63) is 229 Å². The van der Waals surface area contributed by atoms with E-state index in [1.165, 1.54) is 10.8 Å². The Kier molecular flexibility index (Phi) is 7.97. The summed E-state index contributed by atoms with van der Waals surface area (Å²) in [4.78, 5) is 4.24. The molecule has 0 fully saturated rings. The third-order valence-electron chi connectivity index (χ3n) is 13.3. The Morgan fingerprint density at radius 2 is 0.877 bits per heavy atom. The highest BCUT2D eigenvalue weighted by molar-refractivity contribution is 6.22. The fraction of sp³-hybridized carbons (Fsp3) is 0. The second-order valence-electron chi connectivity index (χ2n) is 16.7. The molecular formula is C60H35N5. The van der Waals surface area contributed by atoms with Crippen molar-refractivity contribution < 1.29 is 0 Å². The Balaban J connectivity index is 1.07. The number of para-hydroxylation sites is 2. The second kappa shape index (κ2) is 14.2. The molecule has 5 nitrogen and oxygen atoms in total. The van der Waals surface area contributed by atoms with Crippen LogP contribution in [0, 0.1) is 17.9 Å². The maximum atomic E-state index is 11.2. The fourth-order valence-corrected chi connectivity index (χ4v) is 10.4. The van der Waals surface area contributed by atoms with Crippen LogP contribution in [0.5, 0.6) is 0 Å². The predicted molar refractivity (Wildman–Crippen MR) is 269 cm³/mol. The molecule has 0 bridgehead atoms. The Morgan fingerprint density at radius 1 is 0.369 bits per heavy atom. The molecule has 0 spiro atoms. The van der Waals surface area contributed by atoms with Crippen molar-refractivity contribution in [1.29, 1.82) is 5.26 Å². The first-order valence-corrected chi connectivity index (χ1v) is 21.8. The number of hydrogen-bond donors (Lipinski definition) is 0. The molecular weight excluding hydrogens is 791 g/mol. The van der Waals surface area contributed by atoms with E-state index < -0.39 is 0 Å². The molecule has 300 valence electrons.